The fourth-order valence-electron chi connectivity index (χ4n) is 2.33. The van der Waals surface area contributed by atoms with E-state index in [1.807, 2.05) is 13.8 Å². The highest BCUT2D eigenvalue weighted by atomic mass is 19.1. The maximum Gasteiger partial charge on any atom is 0.331 e. The summed E-state index contributed by atoms with van der Waals surface area (Å²) < 4.78 is 18.0. The molecule has 2 aromatic rings. The monoisotopic (exact) mass is 398 g/mol. The first kappa shape index (κ1) is 21.8. The molecule has 0 aliphatic carbocycles. The van der Waals surface area contributed by atoms with Crippen LogP contribution in [0.15, 0.2) is 54.6 Å². The molecule has 0 spiro atoms. The average Bonchev–Trinajstić information content (AvgIpc) is 2.69. The largest absolute Gasteiger partial charge is 0.452 e. The summed E-state index contributed by atoms with van der Waals surface area (Å²) in [6.07, 6.45) is 2.49. The molecule has 2 rings (SSSR count). The molecule has 152 valence electrons. The molecule has 7 heteroatoms. The lowest BCUT2D eigenvalue weighted by atomic mass is 10.1. The fraction of sp³-hybridized carbons (Fsp3) is 0.227. The zero-order chi connectivity index (χ0) is 21.2. The van der Waals surface area contributed by atoms with Crippen LogP contribution in [0.4, 0.5) is 10.1 Å². The molecule has 2 aromatic carbocycles. The normalized spacial score (nSPS) is 10.8. The summed E-state index contributed by atoms with van der Waals surface area (Å²) in [6, 6.07) is 12.3. The van der Waals surface area contributed by atoms with Gasteiger partial charge in [0.1, 0.15) is 5.82 Å². The quantitative estimate of drug-likeness (QED) is 0.527. The summed E-state index contributed by atoms with van der Waals surface area (Å²) >= 11 is 0. The highest BCUT2D eigenvalue weighted by Crippen LogP contribution is 2.15. The Kier molecular flexibility index (Phi) is 8.09. The van der Waals surface area contributed by atoms with Crippen molar-refractivity contribution in [1.29, 1.82) is 0 Å². The van der Waals surface area contributed by atoms with Gasteiger partial charge in [-0.25, -0.2) is 9.18 Å². The predicted molar refractivity (Wildman–Crippen MR) is 109 cm³/mol. The second-order valence-electron chi connectivity index (χ2n) is 6.69. The van der Waals surface area contributed by atoms with Crippen LogP contribution >= 0.6 is 0 Å². The number of halogens is 1. The van der Waals surface area contributed by atoms with Gasteiger partial charge in [0.05, 0.1) is 11.3 Å². The Morgan fingerprint density at radius 2 is 1.86 bits per heavy atom. The molecule has 0 bridgehead atoms. The Bertz CT molecular complexity index is 909. The van der Waals surface area contributed by atoms with E-state index in [0.717, 1.165) is 6.08 Å². The first-order valence-electron chi connectivity index (χ1n) is 9.12. The Hall–Kier alpha value is -3.48. The number of ether oxygens (including phenoxy) is 1. The molecule has 2 N–H and O–H groups in total. The van der Waals surface area contributed by atoms with Gasteiger partial charge in [-0.1, -0.05) is 38.1 Å². The molecule has 0 aromatic heterocycles. The van der Waals surface area contributed by atoms with E-state index in [9.17, 15) is 18.8 Å². The van der Waals surface area contributed by atoms with Gasteiger partial charge in [0, 0.05) is 12.6 Å². The van der Waals surface area contributed by atoms with Gasteiger partial charge < -0.3 is 15.4 Å². The lowest BCUT2D eigenvalue weighted by molar-refractivity contribution is -0.142. The van der Waals surface area contributed by atoms with Gasteiger partial charge in [0.15, 0.2) is 6.61 Å². The van der Waals surface area contributed by atoms with Crippen molar-refractivity contribution >= 4 is 29.5 Å². The number of hydrogen-bond donors (Lipinski definition) is 2. The van der Waals surface area contributed by atoms with Gasteiger partial charge in [-0.3, -0.25) is 9.59 Å². The molecule has 0 atom stereocenters. The molecule has 29 heavy (non-hydrogen) atoms. The Morgan fingerprint density at radius 1 is 1.10 bits per heavy atom. The van der Waals surface area contributed by atoms with Crippen LogP contribution in [0.25, 0.3) is 6.08 Å². The van der Waals surface area contributed by atoms with Crippen LogP contribution in [0.5, 0.6) is 0 Å². The van der Waals surface area contributed by atoms with Crippen LogP contribution in [-0.4, -0.2) is 30.9 Å². The third kappa shape index (κ3) is 7.57. The van der Waals surface area contributed by atoms with Gasteiger partial charge in [-0.15, -0.1) is 0 Å². The second kappa shape index (κ2) is 10.8. The van der Waals surface area contributed by atoms with E-state index >= 15 is 0 Å². The van der Waals surface area contributed by atoms with Crippen molar-refractivity contribution in [2.45, 2.75) is 13.8 Å². The van der Waals surface area contributed by atoms with E-state index in [0.29, 0.717) is 29.3 Å². The maximum absolute atomic E-state index is 13.1. The summed E-state index contributed by atoms with van der Waals surface area (Å²) in [5, 5.41) is 5.35. The van der Waals surface area contributed by atoms with E-state index in [2.05, 4.69) is 10.6 Å². The van der Waals surface area contributed by atoms with Crippen LogP contribution in [0.2, 0.25) is 0 Å². The Balaban J connectivity index is 1.89. The van der Waals surface area contributed by atoms with Gasteiger partial charge >= 0.3 is 5.97 Å². The highest BCUT2D eigenvalue weighted by Gasteiger charge is 2.14. The summed E-state index contributed by atoms with van der Waals surface area (Å²) in [6.45, 7) is 3.95. The van der Waals surface area contributed by atoms with Gasteiger partial charge in [-0.2, -0.15) is 0 Å². The van der Waals surface area contributed by atoms with Crippen molar-refractivity contribution in [3.8, 4) is 0 Å². The number of rotatable bonds is 8. The minimum atomic E-state index is -0.743. The molecule has 0 saturated carbocycles. The lowest BCUT2D eigenvalue weighted by Gasteiger charge is -2.12. The van der Waals surface area contributed by atoms with E-state index in [4.69, 9.17) is 4.74 Å². The van der Waals surface area contributed by atoms with Crippen molar-refractivity contribution < 1.29 is 23.5 Å². The first-order valence-corrected chi connectivity index (χ1v) is 9.12. The second-order valence-corrected chi connectivity index (χ2v) is 6.69. The topological polar surface area (TPSA) is 84.5 Å². The van der Waals surface area contributed by atoms with Crippen molar-refractivity contribution in [2.75, 3.05) is 18.5 Å². The van der Waals surface area contributed by atoms with Crippen LogP contribution in [0, 0.1) is 11.7 Å². The smallest absolute Gasteiger partial charge is 0.331 e. The number of carbonyl (C=O) groups is 3. The zero-order valence-electron chi connectivity index (χ0n) is 16.3. The van der Waals surface area contributed by atoms with Crippen LogP contribution in [-0.2, 0) is 14.3 Å². The molecule has 0 aliphatic rings. The molecule has 0 aliphatic heterocycles. The third-order valence-electron chi connectivity index (χ3n) is 3.72. The number of anilines is 1. The summed E-state index contributed by atoms with van der Waals surface area (Å²) in [5.74, 6) is -1.75. The van der Waals surface area contributed by atoms with E-state index in [-0.39, 0.29) is 5.91 Å². The number of para-hydroxylation sites is 1. The number of amides is 2. The number of hydrogen-bond acceptors (Lipinski definition) is 4. The van der Waals surface area contributed by atoms with E-state index in [1.165, 1.54) is 24.3 Å². The lowest BCUT2D eigenvalue weighted by Crippen LogP contribution is -2.29. The average molecular weight is 398 g/mol. The molecule has 0 heterocycles. The molecule has 0 fully saturated rings. The SMILES string of the molecule is CC(C)CNC(=O)c1ccccc1NC(=O)COC(=O)/C=C/c1cccc(F)c1. The van der Waals surface area contributed by atoms with Crippen molar-refractivity contribution in [3.63, 3.8) is 0 Å². The molecular weight excluding hydrogens is 375 g/mol. The van der Waals surface area contributed by atoms with Crippen LogP contribution in [0.1, 0.15) is 29.8 Å². The minimum Gasteiger partial charge on any atom is -0.452 e. The van der Waals surface area contributed by atoms with Gasteiger partial charge in [-0.05, 0) is 41.8 Å². The fourth-order valence-corrected chi connectivity index (χ4v) is 2.33. The third-order valence-corrected chi connectivity index (χ3v) is 3.72. The molecule has 0 unspecified atom stereocenters. The van der Waals surface area contributed by atoms with Crippen LogP contribution < -0.4 is 10.6 Å². The summed E-state index contributed by atoms with van der Waals surface area (Å²) in [7, 11) is 0. The molecule has 2 amide bonds. The molecule has 6 nitrogen and oxygen atoms in total. The number of carbonyl (C=O) groups excluding carboxylic acids is 3. The van der Waals surface area contributed by atoms with E-state index in [1.54, 1.807) is 30.3 Å². The summed E-state index contributed by atoms with van der Waals surface area (Å²) in [5.41, 5.74) is 1.14. The first-order chi connectivity index (χ1) is 13.8. The zero-order valence-corrected chi connectivity index (χ0v) is 16.3. The predicted octanol–water partition coefficient (Wildman–Crippen LogP) is 3.41. The summed E-state index contributed by atoms with van der Waals surface area (Å²) in [4.78, 5) is 36.1. The van der Waals surface area contributed by atoms with Gasteiger partial charge in [0.2, 0.25) is 0 Å². The molecular formula is C22H23FN2O4. The molecule has 0 radical (unpaired) electrons. The van der Waals surface area contributed by atoms with Crippen LogP contribution in [0.3, 0.4) is 0 Å². The number of benzene rings is 2. The Labute approximate surface area is 168 Å². The Morgan fingerprint density at radius 3 is 2.59 bits per heavy atom. The maximum atomic E-state index is 13.1. The van der Waals surface area contributed by atoms with Crippen molar-refractivity contribution in [3.05, 3.63) is 71.6 Å². The number of esters is 1. The minimum absolute atomic E-state index is 0.292. The highest BCUT2D eigenvalue weighted by molar-refractivity contribution is 6.04. The van der Waals surface area contributed by atoms with Crippen molar-refractivity contribution in [1.82, 2.24) is 5.32 Å². The van der Waals surface area contributed by atoms with Gasteiger partial charge in [0.25, 0.3) is 11.8 Å². The standard InChI is InChI=1S/C22H23FN2O4/c1-15(2)13-24-22(28)18-8-3-4-9-19(18)25-20(26)14-29-21(27)11-10-16-6-5-7-17(23)12-16/h3-12,15H,13-14H2,1-2H3,(H,24,28)(H,25,26)/b11-10+. The van der Waals surface area contributed by atoms with Crippen molar-refractivity contribution in [2.24, 2.45) is 5.92 Å². The van der Waals surface area contributed by atoms with E-state index < -0.39 is 24.3 Å². The molecule has 0 saturated heterocycles. The number of nitrogens with one attached hydrogen (secondary N) is 2.